The Bertz CT molecular complexity index is 2280. The van der Waals surface area contributed by atoms with Gasteiger partial charge in [0.1, 0.15) is 36.2 Å². The minimum atomic E-state index is -4.23. The number of Topliss-reactive ketones (excluding diaryl/α,β-unsaturated/α-hetero) is 3. The first-order valence-electron chi connectivity index (χ1n) is 27.5. The van der Waals surface area contributed by atoms with Crippen LogP contribution in [-0.2, 0) is 67.3 Å². The van der Waals surface area contributed by atoms with Crippen molar-refractivity contribution >= 4 is 45.5 Å². The maximum atomic E-state index is 14.6. The Balaban J connectivity index is 1.41. The molecule has 4 fully saturated rings. The van der Waals surface area contributed by atoms with Gasteiger partial charge >= 0.3 is 22.3 Å². The summed E-state index contributed by atoms with van der Waals surface area (Å²) < 4.78 is 70.0. The van der Waals surface area contributed by atoms with Crippen molar-refractivity contribution < 1.29 is 80.6 Å². The molecule has 4 N–H and O–H groups in total. The largest absolute Gasteiger partial charge is 0.460 e. The van der Waals surface area contributed by atoms with Gasteiger partial charge in [-0.2, -0.15) is 13.1 Å². The van der Waals surface area contributed by atoms with Crippen molar-refractivity contribution in [2.75, 3.05) is 41.1 Å². The fraction of sp³-hybridized carbons (Fsp3) is 0.750. The Hall–Kier alpha value is -4.19. The SMILES string of the molecule is CO[C@H]1C[C@@H]2CC[C@@H](C)[C@@](O)(O2)C(=O)C(=O)N2CCCC[C@H]2C(=O)O[C@H]([C@H](C)C[C@@H]2CC[C@@H](OC(=O)NS(=O)(=O)N[C@@H]3CCOC3)[C@H](OC)C2)CC(=O)[C@H](C)/C=C(\C)[C@@H](O)[C@@H](OC)C(=O)[C@H](C)C[C@H](C)/C=C/C=CC=C1C. The van der Waals surface area contributed by atoms with Crippen molar-refractivity contribution in [2.24, 2.45) is 35.5 Å². The van der Waals surface area contributed by atoms with Gasteiger partial charge in [0.15, 0.2) is 5.78 Å². The van der Waals surface area contributed by atoms with Crippen LogP contribution in [0, 0.1) is 35.5 Å². The zero-order chi connectivity index (χ0) is 56.8. The monoisotopic (exact) mass is 1110 g/mol. The number of nitrogens with zero attached hydrogens (tertiary/aromatic N) is 1. The molecule has 434 valence electrons. The first kappa shape index (κ1) is 63.6. The van der Waals surface area contributed by atoms with E-state index in [9.17, 15) is 47.4 Å². The van der Waals surface area contributed by atoms with Gasteiger partial charge < -0.3 is 48.3 Å². The number of fused-ring (bicyclic) bond motifs is 3. The highest BCUT2D eigenvalue weighted by Crippen LogP contribution is 2.38. The molecule has 0 radical (unpaired) electrons. The number of carbonyl (C=O) groups excluding carboxylic acids is 6. The lowest BCUT2D eigenvalue weighted by molar-refractivity contribution is -0.265. The number of esters is 1. The summed E-state index contributed by atoms with van der Waals surface area (Å²) in [6.07, 6.45) is 8.28. The Morgan fingerprint density at radius 1 is 0.883 bits per heavy atom. The van der Waals surface area contributed by atoms with Crippen molar-refractivity contribution in [3.8, 4) is 0 Å². The van der Waals surface area contributed by atoms with Gasteiger partial charge in [-0.3, -0.25) is 19.2 Å². The molecule has 0 aromatic carbocycles. The number of amides is 2. The molecule has 2 amide bonds. The molecule has 20 nitrogen and oxygen atoms in total. The maximum absolute atomic E-state index is 14.6. The highest BCUT2D eigenvalue weighted by molar-refractivity contribution is 7.88. The van der Waals surface area contributed by atoms with E-state index < -0.39 is 118 Å². The van der Waals surface area contributed by atoms with Crippen LogP contribution < -0.4 is 9.44 Å². The number of nitrogens with one attached hydrogen (secondary N) is 2. The van der Waals surface area contributed by atoms with Crippen LogP contribution in [0.3, 0.4) is 0 Å². The van der Waals surface area contributed by atoms with Crippen molar-refractivity contribution in [3.63, 3.8) is 0 Å². The third kappa shape index (κ3) is 17.7. The standard InChI is InChI=1S/C56H87N3O17S/c1-33-16-12-11-13-17-34(2)46(70-8)30-42-21-19-39(7)56(67,76-42)52(63)53(64)59-24-15-14-18-43(59)54(65)74-47(31-44(60)35(3)27-38(6)50(62)51(72-10)49(61)37(5)26-33)36(4)28-40-20-22-45(48(29-40)71-9)75-55(66)58-77(68,69)57-41-23-25-73-32-41/h11-13,16-17,27,33,35-37,39-43,45-48,50-51,57,62,67H,14-15,18-26,28-32H2,1-10H3,(H,58,66)/b13-11?,16-12+,34-17?,38-27+/t33-,35-,36-,37-,39-,40+,41-,42+,43+,45-,46+,47+,48-,50-,51+,56-/m1/s1. The van der Waals surface area contributed by atoms with Crippen LogP contribution in [0.4, 0.5) is 4.79 Å². The van der Waals surface area contributed by atoms with Crippen LogP contribution in [0.5, 0.6) is 0 Å². The van der Waals surface area contributed by atoms with E-state index in [1.807, 2.05) is 55.9 Å². The summed E-state index contributed by atoms with van der Waals surface area (Å²) in [5, 5.41) is 23.6. The Morgan fingerprint density at radius 2 is 1.62 bits per heavy atom. The first-order chi connectivity index (χ1) is 36.4. The molecule has 16 atom stereocenters. The predicted molar refractivity (Wildman–Crippen MR) is 284 cm³/mol. The molecule has 77 heavy (non-hydrogen) atoms. The van der Waals surface area contributed by atoms with E-state index in [2.05, 4.69) is 4.72 Å². The fourth-order valence-corrected chi connectivity index (χ4v) is 12.3. The number of methoxy groups -OCH3 is 3. The van der Waals surface area contributed by atoms with Crippen LogP contribution in [0.15, 0.2) is 47.6 Å². The highest BCUT2D eigenvalue weighted by Gasteiger charge is 2.53. The Labute approximate surface area is 455 Å². The number of aliphatic hydroxyl groups excluding tert-OH is 1. The lowest BCUT2D eigenvalue weighted by atomic mass is 9.78. The zero-order valence-corrected chi connectivity index (χ0v) is 47.6. The number of piperidine rings is 1. The number of hydrogen-bond acceptors (Lipinski definition) is 17. The minimum Gasteiger partial charge on any atom is -0.460 e. The van der Waals surface area contributed by atoms with E-state index in [1.165, 1.54) is 14.2 Å². The number of carbonyl (C=O) groups is 6. The summed E-state index contributed by atoms with van der Waals surface area (Å²) in [6.45, 7) is 13.0. The highest BCUT2D eigenvalue weighted by atomic mass is 32.2. The number of cyclic esters (lactones) is 1. The second kappa shape index (κ2) is 29.3. The van der Waals surface area contributed by atoms with E-state index in [1.54, 1.807) is 40.9 Å². The van der Waals surface area contributed by atoms with Crippen molar-refractivity contribution in [1.82, 2.24) is 14.3 Å². The van der Waals surface area contributed by atoms with E-state index in [4.69, 9.17) is 33.2 Å². The van der Waals surface area contributed by atoms with Crippen molar-refractivity contribution in [1.29, 1.82) is 0 Å². The van der Waals surface area contributed by atoms with Crippen LogP contribution >= 0.6 is 0 Å². The molecule has 5 aliphatic rings. The fourth-order valence-electron chi connectivity index (χ4n) is 11.4. The van der Waals surface area contributed by atoms with Crippen molar-refractivity contribution in [3.05, 3.63) is 47.6 Å². The van der Waals surface area contributed by atoms with E-state index >= 15 is 0 Å². The van der Waals surface area contributed by atoms with E-state index in [0.717, 1.165) is 10.5 Å². The lowest BCUT2D eigenvalue weighted by Gasteiger charge is -2.42. The van der Waals surface area contributed by atoms with Gasteiger partial charge in [0.05, 0.1) is 24.9 Å². The van der Waals surface area contributed by atoms with Crippen LogP contribution in [0.25, 0.3) is 0 Å². The van der Waals surface area contributed by atoms with E-state index in [-0.39, 0.29) is 55.8 Å². The number of ether oxygens (including phenoxy) is 7. The quantitative estimate of drug-likeness (QED) is 0.119. The Kier molecular flexibility index (Phi) is 24.2. The third-order valence-electron chi connectivity index (χ3n) is 16.2. The van der Waals surface area contributed by atoms with Gasteiger partial charge in [0.2, 0.25) is 5.79 Å². The van der Waals surface area contributed by atoms with Gasteiger partial charge in [-0.1, -0.05) is 71.1 Å². The van der Waals surface area contributed by atoms with Crippen LogP contribution in [0.2, 0.25) is 0 Å². The number of hydrogen-bond donors (Lipinski definition) is 4. The number of ketones is 3. The minimum absolute atomic E-state index is 0.0168. The molecule has 21 heteroatoms. The van der Waals surface area contributed by atoms with E-state index in [0.29, 0.717) is 76.4 Å². The molecule has 4 aliphatic heterocycles. The zero-order valence-electron chi connectivity index (χ0n) is 46.8. The molecular weight excluding hydrogens is 1020 g/mol. The predicted octanol–water partition coefficient (Wildman–Crippen LogP) is 5.54. The smallest absolute Gasteiger partial charge is 0.422 e. The topological polar surface area (TPSA) is 269 Å². The second-order valence-corrected chi connectivity index (χ2v) is 23.7. The maximum Gasteiger partial charge on any atom is 0.422 e. The van der Waals surface area contributed by atoms with Crippen molar-refractivity contribution in [2.45, 2.75) is 193 Å². The number of aliphatic hydroxyl groups is 2. The summed E-state index contributed by atoms with van der Waals surface area (Å²) in [7, 11) is 0.136. The average molecular weight is 1110 g/mol. The molecule has 4 heterocycles. The van der Waals surface area contributed by atoms with Gasteiger partial charge in [0, 0.05) is 71.1 Å². The molecule has 0 aromatic heterocycles. The van der Waals surface area contributed by atoms with Gasteiger partial charge in [-0.25, -0.2) is 14.3 Å². The molecular formula is C56H87N3O17S. The molecule has 1 saturated carbocycles. The summed E-state index contributed by atoms with van der Waals surface area (Å²) in [5.74, 6) is -8.88. The summed E-state index contributed by atoms with van der Waals surface area (Å²) in [4.78, 5) is 85.4. The Morgan fingerprint density at radius 3 is 2.30 bits per heavy atom. The van der Waals surface area contributed by atoms with Crippen LogP contribution in [0.1, 0.15) is 132 Å². The molecule has 0 spiro atoms. The molecule has 5 rings (SSSR count). The van der Waals surface area contributed by atoms with Gasteiger partial charge in [-0.05, 0) is 113 Å². The average Bonchev–Trinajstić information content (AvgIpc) is 3.92. The molecule has 1 aliphatic carbocycles. The summed E-state index contributed by atoms with van der Waals surface area (Å²) in [6, 6.07) is -1.70. The van der Waals surface area contributed by atoms with Crippen LogP contribution in [-0.4, -0.2) is 161 Å². The van der Waals surface area contributed by atoms with Gasteiger partial charge in [0.25, 0.3) is 11.7 Å². The molecule has 2 bridgehead atoms. The first-order valence-corrected chi connectivity index (χ1v) is 29.0. The molecule has 0 unspecified atom stereocenters. The number of rotatable bonds is 10. The lowest BCUT2D eigenvalue weighted by Crippen LogP contribution is -2.61. The summed E-state index contributed by atoms with van der Waals surface area (Å²) in [5.41, 5.74) is 1.19. The normalized spacial score (nSPS) is 36.9. The summed E-state index contributed by atoms with van der Waals surface area (Å²) >= 11 is 0. The van der Waals surface area contributed by atoms with Gasteiger partial charge in [-0.15, -0.1) is 0 Å². The number of allylic oxidation sites excluding steroid dienone is 6. The third-order valence-corrected chi connectivity index (χ3v) is 17.3. The molecule has 0 aromatic rings. The molecule has 3 saturated heterocycles. The second-order valence-electron chi connectivity index (χ2n) is 22.3.